The minimum Gasteiger partial charge on any atom is -0.380 e. The Morgan fingerprint density at radius 1 is 1.10 bits per heavy atom. The van der Waals surface area contributed by atoms with Gasteiger partial charge in [-0.25, -0.2) is 4.79 Å². The number of nitrogens with two attached hydrogens (primary N) is 1. The van der Waals surface area contributed by atoms with Gasteiger partial charge in [-0.2, -0.15) is 0 Å². The summed E-state index contributed by atoms with van der Waals surface area (Å²) in [6, 6.07) is 14.7. The molecule has 2 N–H and O–H groups in total. The SMILES string of the molecule is Cc1ccc(C)c(C(=O)ON=C(N)c2ccccc2)c1. The van der Waals surface area contributed by atoms with Crippen LogP contribution >= 0.6 is 0 Å². The molecule has 0 amide bonds. The van der Waals surface area contributed by atoms with Gasteiger partial charge in [0.2, 0.25) is 0 Å². The standard InChI is InChI=1S/C16H16N2O2/c1-11-8-9-12(2)14(10-11)16(19)20-18-15(17)13-6-4-3-5-7-13/h3-10H,1-2H3,(H2,17,18). The lowest BCUT2D eigenvalue weighted by atomic mass is 10.1. The fourth-order valence-corrected chi connectivity index (χ4v) is 1.76. The molecule has 4 heteroatoms. The maximum Gasteiger partial charge on any atom is 0.366 e. The Labute approximate surface area is 117 Å². The third kappa shape index (κ3) is 3.23. The number of benzene rings is 2. The van der Waals surface area contributed by atoms with Gasteiger partial charge in [-0.05, 0) is 25.5 Å². The molecule has 2 aromatic rings. The van der Waals surface area contributed by atoms with Crippen molar-refractivity contribution in [1.29, 1.82) is 0 Å². The molecule has 0 saturated carbocycles. The molecule has 102 valence electrons. The molecule has 0 aromatic heterocycles. The van der Waals surface area contributed by atoms with Crippen molar-refractivity contribution in [3.05, 3.63) is 70.8 Å². The van der Waals surface area contributed by atoms with E-state index >= 15 is 0 Å². The topological polar surface area (TPSA) is 64.7 Å². The van der Waals surface area contributed by atoms with Gasteiger partial charge in [0.1, 0.15) is 0 Å². The van der Waals surface area contributed by atoms with E-state index in [4.69, 9.17) is 10.6 Å². The Balaban J connectivity index is 2.14. The molecule has 0 bridgehead atoms. The molecule has 0 radical (unpaired) electrons. The van der Waals surface area contributed by atoms with Gasteiger partial charge in [0.05, 0.1) is 5.56 Å². The lowest BCUT2D eigenvalue weighted by Crippen LogP contribution is -2.15. The van der Waals surface area contributed by atoms with Gasteiger partial charge in [-0.1, -0.05) is 53.2 Å². The highest BCUT2D eigenvalue weighted by Crippen LogP contribution is 2.12. The van der Waals surface area contributed by atoms with Crippen molar-refractivity contribution >= 4 is 11.8 Å². The Kier molecular flexibility index (Phi) is 4.15. The Bertz CT molecular complexity index is 649. The molecule has 0 fully saturated rings. The van der Waals surface area contributed by atoms with E-state index in [0.29, 0.717) is 11.1 Å². The summed E-state index contributed by atoms with van der Waals surface area (Å²) in [5.41, 5.74) is 8.80. The van der Waals surface area contributed by atoms with Crippen LogP contribution in [0.2, 0.25) is 0 Å². The second-order valence-corrected chi connectivity index (χ2v) is 4.54. The average molecular weight is 268 g/mol. The van der Waals surface area contributed by atoms with E-state index in [1.165, 1.54) is 0 Å². The molecule has 0 aliphatic heterocycles. The Morgan fingerprint density at radius 2 is 1.80 bits per heavy atom. The molecular weight excluding hydrogens is 252 g/mol. The number of oxime groups is 1. The van der Waals surface area contributed by atoms with Gasteiger partial charge in [0.15, 0.2) is 5.84 Å². The molecule has 0 aliphatic carbocycles. The summed E-state index contributed by atoms with van der Waals surface area (Å²) in [7, 11) is 0. The van der Waals surface area contributed by atoms with Crippen LogP contribution in [-0.2, 0) is 4.84 Å². The molecule has 2 rings (SSSR count). The molecular formula is C16H16N2O2. The van der Waals surface area contributed by atoms with Gasteiger partial charge in [-0.15, -0.1) is 0 Å². The third-order valence-corrected chi connectivity index (χ3v) is 2.91. The van der Waals surface area contributed by atoms with E-state index in [9.17, 15) is 4.79 Å². The Hall–Kier alpha value is -2.62. The number of rotatable bonds is 3. The second kappa shape index (κ2) is 6.02. The van der Waals surface area contributed by atoms with Gasteiger partial charge in [0.25, 0.3) is 0 Å². The van der Waals surface area contributed by atoms with Crippen molar-refractivity contribution in [2.45, 2.75) is 13.8 Å². The first-order valence-electron chi connectivity index (χ1n) is 6.25. The first-order valence-corrected chi connectivity index (χ1v) is 6.25. The van der Waals surface area contributed by atoms with Crippen molar-refractivity contribution in [3.8, 4) is 0 Å². The van der Waals surface area contributed by atoms with Crippen LogP contribution in [0.4, 0.5) is 0 Å². The lowest BCUT2D eigenvalue weighted by molar-refractivity contribution is 0.0515. The smallest absolute Gasteiger partial charge is 0.366 e. The van der Waals surface area contributed by atoms with Crippen LogP contribution in [0, 0.1) is 13.8 Å². The van der Waals surface area contributed by atoms with E-state index in [2.05, 4.69) is 5.16 Å². The highest BCUT2D eigenvalue weighted by atomic mass is 16.7. The number of aryl methyl sites for hydroxylation is 2. The zero-order valence-corrected chi connectivity index (χ0v) is 11.5. The number of carbonyl (C=O) groups excluding carboxylic acids is 1. The van der Waals surface area contributed by atoms with Crippen molar-refractivity contribution < 1.29 is 9.63 Å². The number of hydrogen-bond donors (Lipinski definition) is 1. The summed E-state index contributed by atoms with van der Waals surface area (Å²) in [4.78, 5) is 16.9. The molecule has 2 aromatic carbocycles. The summed E-state index contributed by atoms with van der Waals surface area (Å²) < 4.78 is 0. The fraction of sp³-hybridized carbons (Fsp3) is 0.125. The van der Waals surface area contributed by atoms with Crippen molar-refractivity contribution in [2.75, 3.05) is 0 Å². The Morgan fingerprint density at radius 3 is 2.50 bits per heavy atom. The number of hydrogen-bond acceptors (Lipinski definition) is 3. The van der Waals surface area contributed by atoms with Crippen LogP contribution in [0.3, 0.4) is 0 Å². The van der Waals surface area contributed by atoms with Crippen LogP contribution in [0.1, 0.15) is 27.0 Å². The zero-order valence-electron chi connectivity index (χ0n) is 11.5. The van der Waals surface area contributed by atoms with Gasteiger partial charge < -0.3 is 10.6 Å². The van der Waals surface area contributed by atoms with E-state index in [1.807, 2.05) is 44.2 Å². The first kappa shape index (κ1) is 13.8. The van der Waals surface area contributed by atoms with Crippen LogP contribution in [0.25, 0.3) is 0 Å². The maximum absolute atomic E-state index is 12.0. The minimum atomic E-state index is -0.509. The van der Waals surface area contributed by atoms with Crippen molar-refractivity contribution in [1.82, 2.24) is 0 Å². The van der Waals surface area contributed by atoms with E-state index in [0.717, 1.165) is 11.1 Å². The fourth-order valence-electron chi connectivity index (χ4n) is 1.76. The maximum atomic E-state index is 12.0. The third-order valence-electron chi connectivity index (χ3n) is 2.91. The van der Waals surface area contributed by atoms with Crippen LogP contribution in [0.15, 0.2) is 53.7 Å². The molecule has 0 saturated heterocycles. The van der Waals surface area contributed by atoms with Crippen molar-refractivity contribution in [2.24, 2.45) is 10.9 Å². The second-order valence-electron chi connectivity index (χ2n) is 4.54. The van der Waals surface area contributed by atoms with Gasteiger partial charge in [0, 0.05) is 5.56 Å². The highest BCUT2D eigenvalue weighted by molar-refractivity contribution is 5.98. The summed E-state index contributed by atoms with van der Waals surface area (Å²) in [5.74, 6) is -0.339. The molecule has 4 nitrogen and oxygen atoms in total. The molecule has 0 spiro atoms. The van der Waals surface area contributed by atoms with Gasteiger partial charge in [-0.3, -0.25) is 0 Å². The number of nitrogens with zero attached hydrogens (tertiary/aromatic N) is 1. The molecule has 20 heavy (non-hydrogen) atoms. The van der Waals surface area contributed by atoms with Crippen LogP contribution in [0.5, 0.6) is 0 Å². The lowest BCUT2D eigenvalue weighted by Gasteiger charge is -2.04. The highest BCUT2D eigenvalue weighted by Gasteiger charge is 2.11. The van der Waals surface area contributed by atoms with Gasteiger partial charge >= 0.3 is 5.97 Å². The number of amidine groups is 1. The molecule has 0 atom stereocenters. The molecule has 0 unspecified atom stereocenters. The average Bonchev–Trinajstić information content (AvgIpc) is 2.47. The molecule has 0 heterocycles. The monoisotopic (exact) mass is 268 g/mol. The quantitative estimate of drug-likeness (QED) is 0.403. The van der Waals surface area contributed by atoms with E-state index in [-0.39, 0.29) is 5.84 Å². The summed E-state index contributed by atoms with van der Waals surface area (Å²) in [6.45, 7) is 3.76. The minimum absolute atomic E-state index is 0.171. The van der Waals surface area contributed by atoms with E-state index < -0.39 is 5.97 Å². The van der Waals surface area contributed by atoms with Crippen molar-refractivity contribution in [3.63, 3.8) is 0 Å². The first-order chi connectivity index (χ1) is 9.58. The van der Waals surface area contributed by atoms with E-state index in [1.54, 1.807) is 18.2 Å². The zero-order chi connectivity index (χ0) is 14.5. The predicted molar refractivity (Wildman–Crippen MR) is 78.5 cm³/mol. The largest absolute Gasteiger partial charge is 0.380 e. The summed E-state index contributed by atoms with van der Waals surface area (Å²) in [6.07, 6.45) is 0. The summed E-state index contributed by atoms with van der Waals surface area (Å²) >= 11 is 0. The van der Waals surface area contributed by atoms with Crippen LogP contribution < -0.4 is 5.73 Å². The number of carbonyl (C=O) groups is 1. The molecule has 0 aliphatic rings. The normalized spacial score (nSPS) is 11.2. The summed E-state index contributed by atoms with van der Waals surface area (Å²) in [5, 5.41) is 3.69. The van der Waals surface area contributed by atoms with Crippen LogP contribution in [-0.4, -0.2) is 11.8 Å². The predicted octanol–water partition coefficient (Wildman–Crippen LogP) is 2.78.